The van der Waals surface area contributed by atoms with Crippen molar-refractivity contribution < 1.29 is 14.4 Å². The van der Waals surface area contributed by atoms with Crippen LogP contribution in [-0.2, 0) is 14.4 Å². The molecule has 7 nitrogen and oxygen atoms in total. The summed E-state index contributed by atoms with van der Waals surface area (Å²) in [7, 11) is 0. The Bertz CT molecular complexity index is 350. The van der Waals surface area contributed by atoms with E-state index in [-0.39, 0.29) is 18.4 Å². The van der Waals surface area contributed by atoms with Gasteiger partial charge < -0.3 is 20.9 Å². The highest BCUT2D eigenvalue weighted by Gasteiger charge is 2.28. The van der Waals surface area contributed by atoms with E-state index in [1.807, 2.05) is 0 Å². The summed E-state index contributed by atoms with van der Waals surface area (Å²) in [6.45, 7) is 3.13. The first kappa shape index (κ1) is 12.8. The van der Waals surface area contributed by atoms with Gasteiger partial charge in [0.05, 0.1) is 6.04 Å². The fourth-order valence-electron chi connectivity index (χ4n) is 2.15. The SMILES string of the molecule is O=C1CC(NC(=O)C(=O)N2CCCNCC2)CN1. The van der Waals surface area contributed by atoms with Crippen molar-refractivity contribution in [1.82, 2.24) is 20.9 Å². The average molecular weight is 254 g/mol. The first-order valence-electron chi connectivity index (χ1n) is 6.24. The zero-order valence-corrected chi connectivity index (χ0v) is 10.2. The molecule has 0 aliphatic carbocycles. The highest BCUT2D eigenvalue weighted by atomic mass is 16.2. The lowest BCUT2D eigenvalue weighted by atomic mass is 10.2. The monoisotopic (exact) mass is 254 g/mol. The summed E-state index contributed by atoms with van der Waals surface area (Å²) < 4.78 is 0. The third-order valence-corrected chi connectivity index (χ3v) is 3.13. The topological polar surface area (TPSA) is 90.5 Å². The molecule has 2 aliphatic heterocycles. The average Bonchev–Trinajstić information content (AvgIpc) is 2.62. The first-order chi connectivity index (χ1) is 8.66. The van der Waals surface area contributed by atoms with Crippen LogP contribution in [0.4, 0.5) is 0 Å². The van der Waals surface area contributed by atoms with Crippen LogP contribution < -0.4 is 16.0 Å². The van der Waals surface area contributed by atoms with E-state index in [4.69, 9.17) is 0 Å². The minimum Gasteiger partial charge on any atom is -0.354 e. The molecule has 7 heteroatoms. The summed E-state index contributed by atoms with van der Waals surface area (Å²) in [6, 6.07) is -0.265. The Labute approximate surface area is 105 Å². The van der Waals surface area contributed by atoms with Crippen molar-refractivity contribution in [3.8, 4) is 0 Å². The van der Waals surface area contributed by atoms with Crippen molar-refractivity contribution in [3.05, 3.63) is 0 Å². The molecule has 0 aromatic heterocycles. The third-order valence-electron chi connectivity index (χ3n) is 3.13. The lowest BCUT2D eigenvalue weighted by Gasteiger charge is -2.20. The van der Waals surface area contributed by atoms with Crippen molar-refractivity contribution in [2.75, 3.05) is 32.7 Å². The number of hydrogen-bond acceptors (Lipinski definition) is 4. The number of hydrogen-bond donors (Lipinski definition) is 3. The molecule has 100 valence electrons. The molecule has 0 saturated carbocycles. The molecule has 0 aromatic rings. The van der Waals surface area contributed by atoms with Crippen LogP contribution in [0.1, 0.15) is 12.8 Å². The second-order valence-corrected chi connectivity index (χ2v) is 4.57. The smallest absolute Gasteiger partial charge is 0.311 e. The van der Waals surface area contributed by atoms with Gasteiger partial charge in [-0.15, -0.1) is 0 Å². The number of carbonyl (C=O) groups is 3. The quantitative estimate of drug-likeness (QED) is 0.464. The van der Waals surface area contributed by atoms with Crippen LogP contribution in [-0.4, -0.2) is 61.4 Å². The van der Waals surface area contributed by atoms with Gasteiger partial charge >= 0.3 is 11.8 Å². The summed E-state index contributed by atoms with van der Waals surface area (Å²) in [5.74, 6) is -1.21. The molecule has 0 radical (unpaired) electrons. The van der Waals surface area contributed by atoms with Gasteiger partial charge in [-0.1, -0.05) is 0 Å². The van der Waals surface area contributed by atoms with Crippen molar-refractivity contribution >= 4 is 17.7 Å². The molecule has 3 N–H and O–H groups in total. The summed E-state index contributed by atoms with van der Waals surface area (Å²) in [4.78, 5) is 36.2. The van der Waals surface area contributed by atoms with E-state index in [0.29, 0.717) is 26.2 Å². The zero-order chi connectivity index (χ0) is 13.0. The Balaban J connectivity index is 1.83. The molecule has 0 spiro atoms. The van der Waals surface area contributed by atoms with E-state index in [0.717, 1.165) is 13.0 Å². The van der Waals surface area contributed by atoms with Gasteiger partial charge in [0, 0.05) is 32.6 Å². The Morgan fingerprint density at radius 3 is 2.83 bits per heavy atom. The molecular formula is C11H18N4O3. The maximum Gasteiger partial charge on any atom is 0.311 e. The number of amides is 3. The van der Waals surface area contributed by atoms with Gasteiger partial charge in [0.1, 0.15) is 0 Å². The summed E-state index contributed by atoms with van der Waals surface area (Å²) in [6.07, 6.45) is 1.10. The van der Waals surface area contributed by atoms with E-state index >= 15 is 0 Å². The molecule has 0 bridgehead atoms. The van der Waals surface area contributed by atoms with Gasteiger partial charge in [0.2, 0.25) is 5.91 Å². The van der Waals surface area contributed by atoms with E-state index in [1.54, 1.807) is 4.90 Å². The van der Waals surface area contributed by atoms with Crippen LogP contribution in [0.3, 0.4) is 0 Å². The predicted octanol–water partition coefficient (Wildman–Crippen LogP) is -2.19. The molecular weight excluding hydrogens is 236 g/mol. The van der Waals surface area contributed by atoms with Crippen LogP contribution in [0.25, 0.3) is 0 Å². The second-order valence-electron chi connectivity index (χ2n) is 4.57. The normalized spacial score (nSPS) is 24.3. The molecule has 2 heterocycles. The summed E-state index contributed by atoms with van der Waals surface area (Å²) in [5, 5.41) is 8.38. The van der Waals surface area contributed by atoms with Gasteiger partial charge in [-0.25, -0.2) is 0 Å². The van der Waals surface area contributed by atoms with Crippen LogP contribution in [0.2, 0.25) is 0 Å². The van der Waals surface area contributed by atoms with Crippen LogP contribution in [0.5, 0.6) is 0 Å². The minimum absolute atomic E-state index is 0.0910. The zero-order valence-electron chi connectivity index (χ0n) is 10.2. The third kappa shape index (κ3) is 3.19. The van der Waals surface area contributed by atoms with Gasteiger partial charge in [0.15, 0.2) is 0 Å². The largest absolute Gasteiger partial charge is 0.354 e. The molecule has 3 amide bonds. The fraction of sp³-hybridized carbons (Fsp3) is 0.727. The Morgan fingerprint density at radius 2 is 2.11 bits per heavy atom. The maximum absolute atomic E-state index is 11.9. The predicted molar refractivity (Wildman–Crippen MR) is 63.6 cm³/mol. The van der Waals surface area contributed by atoms with Crippen LogP contribution >= 0.6 is 0 Å². The van der Waals surface area contributed by atoms with Gasteiger partial charge in [-0.05, 0) is 13.0 Å². The van der Waals surface area contributed by atoms with Crippen molar-refractivity contribution in [2.45, 2.75) is 18.9 Å². The van der Waals surface area contributed by atoms with Crippen molar-refractivity contribution in [2.24, 2.45) is 0 Å². The van der Waals surface area contributed by atoms with Crippen molar-refractivity contribution in [3.63, 3.8) is 0 Å². The van der Waals surface area contributed by atoms with E-state index in [9.17, 15) is 14.4 Å². The molecule has 2 aliphatic rings. The van der Waals surface area contributed by atoms with Gasteiger partial charge in [0.25, 0.3) is 0 Å². The molecule has 1 atom stereocenters. The lowest BCUT2D eigenvalue weighted by molar-refractivity contribution is -0.146. The Kier molecular flexibility index (Phi) is 4.14. The minimum atomic E-state index is -0.613. The molecule has 1 unspecified atom stereocenters. The molecule has 2 saturated heterocycles. The Morgan fingerprint density at radius 1 is 1.28 bits per heavy atom. The number of carbonyl (C=O) groups excluding carboxylic acids is 3. The van der Waals surface area contributed by atoms with E-state index in [1.165, 1.54) is 0 Å². The molecule has 2 rings (SSSR count). The van der Waals surface area contributed by atoms with E-state index < -0.39 is 11.8 Å². The summed E-state index contributed by atoms with van der Waals surface area (Å²) >= 11 is 0. The first-order valence-corrected chi connectivity index (χ1v) is 6.24. The van der Waals surface area contributed by atoms with Crippen LogP contribution in [0.15, 0.2) is 0 Å². The second kappa shape index (κ2) is 5.81. The summed E-state index contributed by atoms with van der Waals surface area (Å²) in [5.41, 5.74) is 0. The van der Waals surface area contributed by atoms with Crippen molar-refractivity contribution in [1.29, 1.82) is 0 Å². The van der Waals surface area contributed by atoms with Crippen LogP contribution in [0, 0.1) is 0 Å². The number of nitrogens with one attached hydrogen (secondary N) is 3. The van der Waals surface area contributed by atoms with E-state index in [2.05, 4.69) is 16.0 Å². The Hall–Kier alpha value is -1.63. The van der Waals surface area contributed by atoms with Gasteiger partial charge in [-0.3, -0.25) is 14.4 Å². The van der Waals surface area contributed by atoms with Gasteiger partial charge in [-0.2, -0.15) is 0 Å². The standard InChI is InChI=1S/C11H18N4O3/c16-9-6-8(7-13-9)14-10(17)11(18)15-4-1-2-12-3-5-15/h8,12H,1-7H2,(H,13,16)(H,14,17). The molecule has 0 aromatic carbocycles. The molecule has 2 fully saturated rings. The number of rotatable bonds is 1. The highest BCUT2D eigenvalue weighted by Crippen LogP contribution is 2.01. The maximum atomic E-state index is 11.9. The lowest BCUT2D eigenvalue weighted by Crippen LogP contribution is -2.48. The number of nitrogens with zero attached hydrogens (tertiary/aromatic N) is 1. The highest BCUT2D eigenvalue weighted by molar-refractivity contribution is 6.35. The fourth-order valence-corrected chi connectivity index (χ4v) is 2.15. The molecule has 18 heavy (non-hydrogen) atoms.